The Hall–Kier alpha value is -1.22. The molecule has 0 aliphatic carbocycles. The zero-order chi connectivity index (χ0) is 7.28. The Kier molecular flexibility index (Phi) is 3.23. The monoisotopic (exact) mass is 128 g/mol. The third-order valence-corrected chi connectivity index (χ3v) is 0.579. The smallest absolute Gasteiger partial charge is 0.158 e. The lowest BCUT2D eigenvalue weighted by Gasteiger charge is -1.90. The predicted octanol–water partition coefficient (Wildman–Crippen LogP) is 1.62. The summed E-state index contributed by atoms with van der Waals surface area (Å²) in [5.41, 5.74) is 0. The molecule has 0 aliphatic rings. The topological polar surface area (TPSA) is 49.7 Å². The molecule has 0 aromatic carbocycles. The highest BCUT2D eigenvalue weighted by Gasteiger charge is 1.83. The van der Waals surface area contributed by atoms with Crippen LogP contribution in [-0.2, 0) is 4.89 Å². The Morgan fingerprint density at radius 3 is 2.22 bits per heavy atom. The fraction of sp³-hybridized carbons (Fsp3) is 0. The van der Waals surface area contributed by atoms with Gasteiger partial charge in [0.25, 0.3) is 0 Å². The lowest BCUT2D eigenvalue weighted by molar-refractivity contribution is -0.197. The highest BCUT2D eigenvalue weighted by Crippen LogP contribution is 1.94. The molecular formula is C6H8O3. The van der Waals surface area contributed by atoms with Crippen LogP contribution in [0.1, 0.15) is 0 Å². The highest BCUT2D eigenvalue weighted by atomic mass is 17.1. The van der Waals surface area contributed by atoms with Crippen molar-refractivity contribution in [3.05, 3.63) is 36.8 Å². The second-order valence-electron chi connectivity index (χ2n) is 1.38. The van der Waals surface area contributed by atoms with Crippen LogP contribution in [0.3, 0.4) is 0 Å². The molecule has 0 spiro atoms. The van der Waals surface area contributed by atoms with E-state index in [4.69, 9.17) is 10.4 Å². The molecule has 0 amide bonds. The number of hydrogen-bond acceptors (Lipinski definition) is 3. The molecule has 0 rings (SSSR count). The highest BCUT2D eigenvalue weighted by molar-refractivity contribution is 5.15. The van der Waals surface area contributed by atoms with Crippen molar-refractivity contribution in [1.82, 2.24) is 0 Å². The molecule has 0 aromatic rings. The first-order chi connectivity index (χ1) is 4.16. The molecule has 3 heteroatoms. The van der Waals surface area contributed by atoms with Crippen molar-refractivity contribution < 1.29 is 15.3 Å². The summed E-state index contributed by atoms with van der Waals surface area (Å²) in [6.07, 6.45) is 2.53. The standard InChI is InChI=1S/C6H8O3/c1-5(7)3-4-6(2)9-8/h3-4,7-8H,1-2H2/b4-3-. The second-order valence-corrected chi connectivity index (χ2v) is 1.38. The Bertz CT molecular complexity index is 146. The van der Waals surface area contributed by atoms with Crippen LogP contribution in [-0.4, -0.2) is 10.4 Å². The first kappa shape index (κ1) is 7.78. The van der Waals surface area contributed by atoms with E-state index < -0.39 is 0 Å². The van der Waals surface area contributed by atoms with E-state index in [1.54, 1.807) is 0 Å². The summed E-state index contributed by atoms with van der Waals surface area (Å²) in [7, 11) is 0. The molecule has 9 heavy (non-hydrogen) atoms. The summed E-state index contributed by atoms with van der Waals surface area (Å²) in [4.78, 5) is 3.67. The van der Waals surface area contributed by atoms with Crippen molar-refractivity contribution in [1.29, 1.82) is 0 Å². The van der Waals surface area contributed by atoms with E-state index in [9.17, 15) is 0 Å². The molecule has 3 nitrogen and oxygen atoms in total. The molecule has 0 heterocycles. The van der Waals surface area contributed by atoms with Crippen LogP contribution in [0.2, 0.25) is 0 Å². The number of hydrogen-bond donors (Lipinski definition) is 2. The first-order valence-corrected chi connectivity index (χ1v) is 2.23. The summed E-state index contributed by atoms with van der Waals surface area (Å²) >= 11 is 0. The van der Waals surface area contributed by atoms with E-state index in [1.165, 1.54) is 12.2 Å². The number of aliphatic hydroxyl groups is 1. The quantitative estimate of drug-likeness (QED) is 0.263. The molecule has 0 saturated heterocycles. The Labute approximate surface area is 53.1 Å². The van der Waals surface area contributed by atoms with Crippen LogP contribution >= 0.6 is 0 Å². The average Bonchev–Trinajstić information content (AvgIpc) is 1.83. The van der Waals surface area contributed by atoms with Crippen LogP contribution < -0.4 is 0 Å². The third kappa shape index (κ3) is 4.64. The summed E-state index contributed by atoms with van der Waals surface area (Å²) in [5, 5.41) is 16.3. The second kappa shape index (κ2) is 3.74. The molecule has 0 bridgehead atoms. The van der Waals surface area contributed by atoms with E-state index in [1.807, 2.05) is 0 Å². The van der Waals surface area contributed by atoms with Crippen molar-refractivity contribution in [3.63, 3.8) is 0 Å². The molecule has 0 aliphatic heterocycles. The van der Waals surface area contributed by atoms with Crippen LogP contribution in [0.4, 0.5) is 0 Å². The van der Waals surface area contributed by atoms with Gasteiger partial charge in [0.1, 0.15) is 5.76 Å². The summed E-state index contributed by atoms with van der Waals surface area (Å²) < 4.78 is 0. The molecule has 0 aromatic heterocycles. The molecule has 0 atom stereocenters. The van der Waals surface area contributed by atoms with Crippen molar-refractivity contribution in [2.24, 2.45) is 0 Å². The number of rotatable bonds is 3. The van der Waals surface area contributed by atoms with Gasteiger partial charge in [0.2, 0.25) is 0 Å². The molecule has 2 N–H and O–H groups in total. The van der Waals surface area contributed by atoms with E-state index in [2.05, 4.69) is 18.0 Å². The van der Waals surface area contributed by atoms with Gasteiger partial charge < -0.3 is 9.99 Å². The normalized spacial score (nSPS) is 9.44. The molecule has 0 radical (unpaired) electrons. The van der Waals surface area contributed by atoms with Gasteiger partial charge in [0.05, 0.1) is 0 Å². The Balaban J connectivity index is 3.71. The number of aliphatic hydroxyl groups excluding tert-OH is 1. The van der Waals surface area contributed by atoms with E-state index in [0.29, 0.717) is 0 Å². The summed E-state index contributed by atoms with van der Waals surface area (Å²) in [5.74, 6) is -0.0709. The van der Waals surface area contributed by atoms with Crippen LogP contribution in [0.25, 0.3) is 0 Å². The van der Waals surface area contributed by atoms with Gasteiger partial charge in [-0.2, -0.15) is 0 Å². The fourth-order valence-corrected chi connectivity index (χ4v) is 0.220. The molecule has 50 valence electrons. The Morgan fingerprint density at radius 2 is 1.89 bits per heavy atom. The minimum Gasteiger partial charge on any atom is -0.509 e. The molecule has 0 saturated carbocycles. The maximum absolute atomic E-state index is 8.44. The van der Waals surface area contributed by atoms with Crippen LogP contribution in [0, 0.1) is 0 Å². The van der Waals surface area contributed by atoms with Gasteiger partial charge in [-0.25, -0.2) is 5.26 Å². The molecule has 0 fully saturated rings. The van der Waals surface area contributed by atoms with Gasteiger partial charge in [-0.05, 0) is 12.2 Å². The Morgan fingerprint density at radius 1 is 1.33 bits per heavy atom. The number of allylic oxidation sites excluding steroid dienone is 2. The van der Waals surface area contributed by atoms with Crippen molar-refractivity contribution in [2.75, 3.05) is 0 Å². The SMILES string of the molecule is C=C(O)/C=C\C(=C)OO. The van der Waals surface area contributed by atoms with Crippen molar-refractivity contribution >= 4 is 0 Å². The van der Waals surface area contributed by atoms with Gasteiger partial charge in [-0.3, -0.25) is 0 Å². The fourth-order valence-electron chi connectivity index (χ4n) is 0.220. The maximum Gasteiger partial charge on any atom is 0.158 e. The van der Waals surface area contributed by atoms with E-state index in [-0.39, 0.29) is 11.5 Å². The van der Waals surface area contributed by atoms with Crippen molar-refractivity contribution in [3.8, 4) is 0 Å². The van der Waals surface area contributed by atoms with Gasteiger partial charge in [0, 0.05) is 0 Å². The van der Waals surface area contributed by atoms with Gasteiger partial charge >= 0.3 is 0 Å². The first-order valence-electron chi connectivity index (χ1n) is 2.23. The molecule has 0 unspecified atom stereocenters. The summed E-state index contributed by atoms with van der Waals surface area (Å²) in [6, 6.07) is 0. The van der Waals surface area contributed by atoms with Crippen LogP contribution in [0.5, 0.6) is 0 Å². The maximum atomic E-state index is 8.44. The van der Waals surface area contributed by atoms with E-state index >= 15 is 0 Å². The minimum atomic E-state index is -0.117. The zero-order valence-corrected chi connectivity index (χ0v) is 4.87. The zero-order valence-electron chi connectivity index (χ0n) is 4.87. The average molecular weight is 128 g/mol. The largest absolute Gasteiger partial charge is 0.509 e. The van der Waals surface area contributed by atoms with Gasteiger partial charge in [-0.15, -0.1) is 0 Å². The minimum absolute atomic E-state index is 0.0465. The molecular weight excluding hydrogens is 120 g/mol. The van der Waals surface area contributed by atoms with Gasteiger partial charge in [-0.1, -0.05) is 13.2 Å². The van der Waals surface area contributed by atoms with Gasteiger partial charge in [0.15, 0.2) is 5.76 Å². The summed E-state index contributed by atoms with van der Waals surface area (Å²) in [6.45, 7) is 6.39. The van der Waals surface area contributed by atoms with Crippen molar-refractivity contribution in [2.45, 2.75) is 0 Å². The predicted molar refractivity (Wildman–Crippen MR) is 33.8 cm³/mol. The van der Waals surface area contributed by atoms with Crippen LogP contribution in [0.15, 0.2) is 36.8 Å². The lowest BCUT2D eigenvalue weighted by Crippen LogP contribution is -1.78. The third-order valence-electron chi connectivity index (χ3n) is 0.579. The lowest BCUT2D eigenvalue weighted by atomic mass is 10.4. The van der Waals surface area contributed by atoms with E-state index in [0.717, 1.165) is 0 Å².